The molecule has 0 saturated carbocycles. The van der Waals surface area contributed by atoms with Gasteiger partial charge in [0.05, 0.1) is 20.8 Å². The maximum absolute atomic E-state index is 12.8. The number of phenols is 2. The van der Waals surface area contributed by atoms with Gasteiger partial charge in [0, 0.05) is 23.8 Å². The molecule has 0 amide bonds. The quantitative estimate of drug-likeness (QED) is 0.272. The van der Waals surface area contributed by atoms with Crippen LogP contribution < -0.4 is 19.6 Å². The van der Waals surface area contributed by atoms with E-state index in [1.54, 1.807) is 0 Å². The molecule has 188 valence electrons. The normalized spacial score (nSPS) is 24.3. The summed E-state index contributed by atoms with van der Waals surface area (Å²) >= 11 is 0. The van der Waals surface area contributed by atoms with Crippen LogP contribution in [0.3, 0.4) is 0 Å². The highest BCUT2D eigenvalue weighted by atomic mass is 16.7. The van der Waals surface area contributed by atoms with Crippen molar-refractivity contribution in [3.63, 3.8) is 0 Å². The summed E-state index contributed by atoms with van der Waals surface area (Å²) in [5.74, 6) is -0.615. The van der Waals surface area contributed by atoms with E-state index in [2.05, 4.69) is 0 Å². The Morgan fingerprint density at radius 3 is 2.17 bits per heavy atom. The minimum Gasteiger partial charge on any atom is -0.507 e. The lowest BCUT2D eigenvalue weighted by Gasteiger charge is -2.39. The van der Waals surface area contributed by atoms with Gasteiger partial charge in [0.2, 0.25) is 12.0 Å². The molecule has 1 saturated heterocycles. The minimum absolute atomic E-state index is 0.0588. The summed E-state index contributed by atoms with van der Waals surface area (Å²) in [7, 11) is 2.69. The van der Waals surface area contributed by atoms with Crippen LogP contribution in [-0.2, 0) is 4.74 Å². The molecule has 0 radical (unpaired) electrons. The molecule has 0 unspecified atom stereocenters. The minimum atomic E-state index is -1.68. The predicted molar refractivity (Wildman–Crippen MR) is 119 cm³/mol. The van der Waals surface area contributed by atoms with Crippen molar-refractivity contribution in [2.24, 2.45) is 0 Å². The van der Waals surface area contributed by atoms with Crippen LogP contribution in [0.2, 0.25) is 0 Å². The summed E-state index contributed by atoms with van der Waals surface area (Å²) in [6.07, 6.45) is -7.62. The van der Waals surface area contributed by atoms with Crippen molar-refractivity contribution in [1.29, 1.82) is 0 Å². The van der Waals surface area contributed by atoms with Crippen LogP contribution in [0.25, 0.3) is 22.3 Å². The number of methoxy groups -OCH3 is 2. The zero-order valence-electron chi connectivity index (χ0n) is 18.6. The van der Waals surface area contributed by atoms with Gasteiger partial charge in [-0.25, -0.2) is 0 Å². The fourth-order valence-electron chi connectivity index (χ4n) is 3.79. The summed E-state index contributed by atoms with van der Waals surface area (Å²) in [4.78, 5) is 12.8. The van der Waals surface area contributed by atoms with E-state index in [1.165, 1.54) is 32.4 Å². The number of rotatable bonds is 6. The van der Waals surface area contributed by atoms with Crippen LogP contribution in [0, 0.1) is 0 Å². The Labute approximate surface area is 197 Å². The lowest BCUT2D eigenvalue weighted by Crippen LogP contribution is -2.60. The highest BCUT2D eigenvalue weighted by Gasteiger charge is 2.44. The molecule has 35 heavy (non-hydrogen) atoms. The van der Waals surface area contributed by atoms with Gasteiger partial charge in [-0.1, -0.05) is 0 Å². The van der Waals surface area contributed by atoms with Gasteiger partial charge in [-0.05, 0) is 12.1 Å². The highest BCUT2D eigenvalue weighted by molar-refractivity contribution is 5.86. The summed E-state index contributed by atoms with van der Waals surface area (Å²) in [6, 6.07) is 6.35. The van der Waals surface area contributed by atoms with Gasteiger partial charge in [-0.15, -0.1) is 0 Å². The maximum atomic E-state index is 12.8. The summed E-state index contributed by atoms with van der Waals surface area (Å²) in [6.45, 7) is -0.647. The first-order chi connectivity index (χ1) is 16.7. The lowest BCUT2D eigenvalue weighted by molar-refractivity contribution is -0.277. The Balaban J connectivity index is 1.75. The van der Waals surface area contributed by atoms with Crippen molar-refractivity contribution in [2.45, 2.75) is 30.7 Å². The number of fused-ring (bicyclic) bond motifs is 1. The molecule has 12 nitrogen and oxygen atoms in total. The van der Waals surface area contributed by atoms with E-state index in [-0.39, 0.29) is 39.7 Å². The van der Waals surface area contributed by atoms with Gasteiger partial charge in [-0.3, -0.25) is 4.79 Å². The lowest BCUT2D eigenvalue weighted by atomic mass is 9.99. The van der Waals surface area contributed by atoms with Crippen molar-refractivity contribution in [3.05, 3.63) is 40.6 Å². The number of phenolic OH excluding ortho intramolecular Hbond substituents is 2. The number of hydrogen-bond acceptors (Lipinski definition) is 12. The predicted octanol–water partition coefficient (Wildman–Crippen LogP) is 0.0671. The molecule has 4 rings (SSSR count). The van der Waals surface area contributed by atoms with Crippen molar-refractivity contribution in [3.8, 4) is 40.1 Å². The van der Waals surface area contributed by atoms with Gasteiger partial charge < -0.3 is 54.0 Å². The highest BCUT2D eigenvalue weighted by Crippen LogP contribution is 2.41. The number of hydrogen-bond donors (Lipinski definition) is 6. The topological polar surface area (TPSA) is 189 Å². The van der Waals surface area contributed by atoms with Crippen molar-refractivity contribution in [1.82, 2.24) is 0 Å². The molecular weight excluding hydrogens is 468 g/mol. The smallest absolute Gasteiger partial charge is 0.229 e. The van der Waals surface area contributed by atoms with Crippen LogP contribution >= 0.6 is 0 Å². The Hall–Kier alpha value is -3.55. The largest absolute Gasteiger partial charge is 0.507 e. The van der Waals surface area contributed by atoms with Gasteiger partial charge in [0.15, 0.2) is 16.9 Å². The maximum Gasteiger partial charge on any atom is 0.229 e. The molecule has 0 aliphatic carbocycles. The third kappa shape index (κ3) is 4.45. The fourth-order valence-corrected chi connectivity index (χ4v) is 3.79. The van der Waals surface area contributed by atoms with Gasteiger partial charge in [0.1, 0.15) is 52.6 Å². The number of aliphatic hydroxyl groups excluding tert-OH is 4. The van der Waals surface area contributed by atoms with E-state index in [9.17, 15) is 35.4 Å². The molecule has 6 N–H and O–H groups in total. The second-order valence-electron chi connectivity index (χ2n) is 7.83. The average molecular weight is 492 g/mol. The Kier molecular flexibility index (Phi) is 6.74. The summed E-state index contributed by atoms with van der Waals surface area (Å²) in [5, 5.41) is 59.8. The van der Waals surface area contributed by atoms with Crippen LogP contribution in [0.5, 0.6) is 28.7 Å². The van der Waals surface area contributed by atoms with E-state index < -0.39 is 48.5 Å². The average Bonchev–Trinajstić information content (AvgIpc) is 2.84. The fraction of sp³-hybridized carbons (Fsp3) is 0.348. The molecule has 1 aliphatic rings. The summed E-state index contributed by atoms with van der Waals surface area (Å²) < 4.78 is 26.9. The second kappa shape index (κ2) is 9.60. The van der Waals surface area contributed by atoms with Crippen molar-refractivity contribution < 1.29 is 54.0 Å². The molecule has 2 aromatic carbocycles. The second-order valence-corrected chi connectivity index (χ2v) is 7.83. The van der Waals surface area contributed by atoms with Crippen LogP contribution in [0.1, 0.15) is 0 Å². The third-order valence-corrected chi connectivity index (χ3v) is 5.65. The molecule has 12 heteroatoms. The molecule has 1 aliphatic heterocycles. The van der Waals surface area contributed by atoms with Crippen LogP contribution in [0.4, 0.5) is 0 Å². The van der Waals surface area contributed by atoms with E-state index >= 15 is 0 Å². The monoisotopic (exact) mass is 492 g/mol. The van der Waals surface area contributed by atoms with Crippen LogP contribution in [-0.4, -0.2) is 82.2 Å². The summed E-state index contributed by atoms with van der Waals surface area (Å²) in [5.41, 5.74) is -0.336. The van der Waals surface area contributed by atoms with Gasteiger partial charge in [-0.2, -0.15) is 0 Å². The zero-order valence-corrected chi connectivity index (χ0v) is 18.6. The molecule has 0 bridgehead atoms. The standard InChI is InChI=1S/C23H24O12/c1-31-15-3-9(4-16(32-2)19(15)27)13-7-12(26)18-11(25)5-10(6-14(18)34-13)33-23-22(30)21(29)20(28)17(8-24)35-23/h3-7,17,20-25,27-30H,8H2,1-2H3/t17-,20-,21+,22-,23+/m1/s1. The van der Waals surface area contributed by atoms with E-state index in [0.29, 0.717) is 5.56 Å². The first kappa shape index (κ1) is 24.6. The zero-order chi connectivity index (χ0) is 25.4. The molecule has 2 heterocycles. The van der Waals surface area contributed by atoms with E-state index in [4.69, 9.17) is 23.4 Å². The molecule has 3 aromatic rings. The van der Waals surface area contributed by atoms with Crippen molar-refractivity contribution in [2.75, 3.05) is 20.8 Å². The van der Waals surface area contributed by atoms with Crippen LogP contribution in [0.15, 0.2) is 39.5 Å². The first-order valence-electron chi connectivity index (χ1n) is 10.4. The Morgan fingerprint density at radius 2 is 1.57 bits per heavy atom. The van der Waals surface area contributed by atoms with Crippen molar-refractivity contribution >= 4 is 11.0 Å². The molecule has 5 atom stereocenters. The van der Waals surface area contributed by atoms with Gasteiger partial charge >= 0.3 is 0 Å². The Morgan fingerprint density at radius 1 is 0.914 bits per heavy atom. The SMILES string of the molecule is COc1cc(-c2cc(=O)c3c(O)cc(O[C@H]4O[C@H](CO)[C@@H](O)[C@H](O)[C@H]4O)cc3o2)cc(OC)c1O. The molecule has 0 spiro atoms. The number of benzene rings is 2. The van der Waals surface area contributed by atoms with E-state index in [0.717, 1.165) is 12.1 Å². The number of aliphatic hydroxyl groups is 4. The van der Waals surface area contributed by atoms with E-state index in [1.807, 2.05) is 0 Å². The molecule has 1 aromatic heterocycles. The molecule has 1 fully saturated rings. The van der Waals surface area contributed by atoms with Gasteiger partial charge in [0.25, 0.3) is 0 Å². The molecular formula is C23H24O12. The number of aromatic hydroxyl groups is 2. The third-order valence-electron chi connectivity index (χ3n) is 5.65. The number of ether oxygens (including phenoxy) is 4. The first-order valence-corrected chi connectivity index (χ1v) is 10.4. The Bertz CT molecular complexity index is 1260.